The number of carbonyl (C=O) groups is 1. The zero-order valence-electron chi connectivity index (χ0n) is 16.1. The second kappa shape index (κ2) is 8.39. The molecule has 1 fully saturated rings. The Balaban J connectivity index is 1.88. The van der Waals surface area contributed by atoms with Gasteiger partial charge in [-0.3, -0.25) is 4.79 Å². The van der Waals surface area contributed by atoms with Crippen LogP contribution >= 0.6 is 0 Å². The van der Waals surface area contributed by atoms with Gasteiger partial charge in [-0.1, -0.05) is 12.8 Å². The van der Waals surface area contributed by atoms with Gasteiger partial charge in [0.2, 0.25) is 0 Å². The van der Waals surface area contributed by atoms with Crippen molar-refractivity contribution in [3.05, 3.63) is 35.8 Å². The van der Waals surface area contributed by atoms with E-state index in [0.717, 1.165) is 37.6 Å². The van der Waals surface area contributed by atoms with Crippen molar-refractivity contribution < 1.29 is 9.18 Å². The van der Waals surface area contributed by atoms with Gasteiger partial charge in [0.1, 0.15) is 11.6 Å². The number of nitrogens with one attached hydrogen (secondary N) is 2. The first-order chi connectivity index (χ1) is 13.3. The van der Waals surface area contributed by atoms with Gasteiger partial charge in [-0.25, -0.2) is 14.4 Å². The Morgan fingerprint density at radius 1 is 1.25 bits per heavy atom. The molecule has 150 valence electrons. The van der Waals surface area contributed by atoms with Crippen LogP contribution in [0.5, 0.6) is 0 Å². The lowest BCUT2D eigenvalue weighted by molar-refractivity contribution is 0.100. The van der Waals surface area contributed by atoms with Crippen molar-refractivity contribution in [3.63, 3.8) is 0 Å². The minimum Gasteiger partial charge on any atom is -0.365 e. The van der Waals surface area contributed by atoms with Gasteiger partial charge in [-0.15, -0.1) is 0 Å². The van der Waals surface area contributed by atoms with Crippen LogP contribution in [-0.4, -0.2) is 42.1 Å². The SMILES string of the molecule is CN(C)c1ccc(Nc2nc(NC3CCCC[C@@H]3N)c(F)cc2C(N)=O)cn1. The number of aromatic nitrogens is 2. The first-order valence-electron chi connectivity index (χ1n) is 9.28. The summed E-state index contributed by atoms with van der Waals surface area (Å²) in [5, 5.41) is 6.09. The van der Waals surface area contributed by atoms with Gasteiger partial charge >= 0.3 is 0 Å². The molecular formula is C19H26FN7O. The molecule has 2 heterocycles. The Hall–Kier alpha value is -2.94. The highest BCUT2D eigenvalue weighted by Crippen LogP contribution is 2.27. The predicted molar refractivity (Wildman–Crippen MR) is 108 cm³/mol. The number of nitrogens with two attached hydrogens (primary N) is 2. The first-order valence-corrected chi connectivity index (χ1v) is 9.28. The third kappa shape index (κ3) is 4.48. The summed E-state index contributed by atoms with van der Waals surface area (Å²) in [6, 6.07) is 4.57. The third-order valence-corrected chi connectivity index (χ3v) is 4.85. The van der Waals surface area contributed by atoms with Crippen LogP contribution < -0.4 is 27.0 Å². The molecule has 0 aromatic carbocycles. The van der Waals surface area contributed by atoms with E-state index in [2.05, 4.69) is 20.6 Å². The predicted octanol–water partition coefficient (Wildman–Crippen LogP) is 2.21. The summed E-state index contributed by atoms with van der Waals surface area (Å²) in [4.78, 5) is 22.2. The quantitative estimate of drug-likeness (QED) is 0.599. The summed E-state index contributed by atoms with van der Waals surface area (Å²) < 4.78 is 14.5. The molecule has 2 aromatic heterocycles. The number of anilines is 4. The van der Waals surface area contributed by atoms with Crippen molar-refractivity contribution in [2.24, 2.45) is 11.5 Å². The zero-order chi connectivity index (χ0) is 20.3. The molecule has 0 spiro atoms. The topological polar surface area (TPSA) is 122 Å². The summed E-state index contributed by atoms with van der Waals surface area (Å²) >= 11 is 0. The van der Waals surface area contributed by atoms with E-state index in [1.165, 1.54) is 0 Å². The van der Waals surface area contributed by atoms with Crippen LogP contribution in [-0.2, 0) is 0 Å². The lowest BCUT2D eigenvalue weighted by Gasteiger charge is -2.30. The van der Waals surface area contributed by atoms with E-state index in [-0.39, 0.29) is 29.3 Å². The fourth-order valence-corrected chi connectivity index (χ4v) is 3.25. The smallest absolute Gasteiger partial charge is 0.252 e. The number of carbonyl (C=O) groups excluding carboxylic acids is 1. The van der Waals surface area contributed by atoms with Crippen molar-refractivity contribution in [2.75, 3.05) is 29.6 Å². The van der Waals surface area contributed by atoms with Crippen LogP contribution in [0.2, 0.25) is 0 Å². The van der Waals surface area contributed by atoms with E-state index < -0.39 is 11.7 Å². The van der Waals surface area contributed by atoms with Crippen molar-refractivity contribution >= 4 is 29.0 Å². The molecule has 8 nitrogen and oxygen atoms in total. The monoisotopic (exact) mass is 387 g/mol. The van der Waals surface area contributed by atoms with Crippen LogP contribution in [0.4, 0.5) is 27.5 Å². The van der Waals surface area contributed by atoms with Gasteiger partial charge < -0.3 is 27.0 Å². The third-order valence-electron chi connectivity index (χ3n) is 4.85. The van der Waals surface area contributed by atoms with E-state index in [1.807, 2.05) is 25.1 Å². The van der Waals surface area contributed by atoms with E-state index in [4.69, 9.17) is 11.5 Å². The summed E-state index contributed by atoms with van der Waals surface area (Å²) in [7, 11) is 3.77. The molecule has 6 N–H and O–H groups in total. The second-order valence-corrected chi connectivity index (χ2v) is 7.20. The van der Waals surface area contributed by atoms with E-state index >= 15 is 0 Å². The maximum atomic E-state index is 14.5. The maximum absolute atomic E-state index is 14.5. The molecule has 9 heteroatoms. The Morgan fingerprint density at radius 2 is 2.00 bits per heavy atom. The number of hydrogen-bond donors (Lipinski definition) is 4. The Bertz CT molecular complexity index is 841. The molecule has 1 unspecified atom stereocenters. The van der Waals surface area contributed by atoms with Crippen LogP contribution in [0.25, 0.3) is 0 Å². The molecule has 2 aromatic rings. The van der Waals surface area contributed by atoms with Crippen LogP contribution in [0.1, 0.15) is 36.0 Å². The van der Waals surface area contributed by atoms with Gasteiger partial charge in [0.15, 0.2) is 11.6 Å². The Kier molecular flexibility index (Phi) is 5.93. The van der Waals surface area contributed by atoms with Crippen molar-refractivity contribution in [2.45, 2.75) is 37.8 Å². The number of amides is 1. The molecule has 0 aliphatic heterocycles. The largest absolute Gasteiger partial charge is 0.365 e. The van der Waals surface area contributed by atoms with Gasteiger partial charge in [0, 0.05) is 26.2 Å². The number of rotatable bonds is 6. The number of pyridine rings is 2. The summed E-state index contributed by atoms with van der Waals surface area (Å²) in [6.45, 7) is 0. The minimum absolute atomic E-state index is 0.0346. The maximum Gasteiger partial charge on any atom is 0.252 e. The summed E-state index contributed by atoms with van der Waals surface area (Å²) in [5.74, 6) is -0.417. The highest BCUT2D eigenvalue weighted by atomic mass is 19.1. The molecule has 1 saturated carbocycles. The molecular weight excluding hydrogens is 361 g/mol. The van der Waals surface area contributed by atoms with E-state index in [1.54, 1.807) is 12.3 Å². The van der Waals surface area contributed by atoms with Crippen LogP contribution in [0.15, 0.2) is 24.4 Å². The summed E-state index contributed by atoms with van der Waals surface area (Å²) in [6.07, 6.45) is 5.43. The molecule has 0 saturated heterocycles. The van der Waals surface area contributed by atoms with E-state index in [9.17, 15) is 9.18 Å². The van der Waals surface area contributed by atoms with Gasteiger partial charge in [0.25, 0.3) is 5.91 Å². The highest BCUT2D eigenvalue weighted by Gasteiger charge is 2.24. The summed E-state index contributed by atoms with van der Waals surface area (Å²) in [5.41, 5.74) is 12.1. The lowest BCUT2D eigenvalue weighted by Crippen LogP contribution is -2.43. The van der Waals surface area contributed by atoms with Crippen molar-refractivity contribution in [3.8, 4) is 0 Å². The number of primary amides is 1. The fraction of sp³-hybridized carbons (Fsp3) is 0.421. The number of nitrogens with zero attached hydrogens (tertiary/aromatic N) is 3. The average Bonchev–Trinajstić information content (AvgIpc) is 2.66. The normalized spacial score (nSPS) is 19.1. The van der Waals surface area contributed by atoms with Crippen LogP contribution in [0, 0.1) is 5.82 Å². The average molecular weight is 387 g/mol. The standard InChI is InChI=1S/C19H26FN7O/c1-27(2)16-8-7-11(10-23-16)24-18-12(17(22)28)9-13(20)19(26-18)25-15-6-4-3-5-14(15)21/h7-10,14-15H,3-6,21H2,1-2H3,(H2,22,28)(H2,24,25,26)/t14-,15?/m0/s1. The van der Waals surface area contributed by atoms with Crippen molar-refractivity contribution in [1.82, 2.24) is 9.97 Å². The molecule has 0 radical (unpaired) electrons. The molecule has 1 aliphatic rings. The molecule has 1 aliphatic carbocycles. The highest BCUT2D eigenvalue weighted by molar-refractivity contribution is 5.98. The zero-order valence-corrected chi connectivity index (χ0v) is 16.1. The van der Waals surface area contributed by atoms with Crippen LogP contribution in [0.3, 0.4) is 0 Å². The minimum atomic E-state index is -0.771. The fourth-order valence-electron chi connectivity index (χ4n) is 3.25. The molecule has 28 heavy (non-hydrogen) atoms. The first kappa shape index (κ1) is 19.8. The molecule has 3 rings (SSSR count). The second-order valence-electron chi connectivity index (χ2n) is 7.20. The van der Waals surface area contributed by atoms with Gasteiger partial charge in [-0.2, -0.15) is 0 Å². The Labute approximate surface area is 163 Å². The Morgan fingerprint density at radius 3 is 2.61 bits per heavy atom. The molecule has 0 bridgehead atoms. The van der Waals surface area contributed by atoms with Gasteiger partial charge in [0.05, 0.1) is 17.4 Å². The number of halogens is 1. The van der Waals surface area contributed by atoms with Crippen molar-refractivity contribution in [1.29, 1.82) is 0 Å². The number of hydrogen-bond acceptors (Lipinski definition) is 7. The van der Waals surface area contributed by atoms with Gasteiger partial charge in [-0.05, 0) is 31.0 Å². The molecule has 2 atom stereocenters. The lowest BCUT2D eigenvalue weighted by atomic mass is 9.91. The van der Waals surface area contributed by atoms with E-state index in [0.29, 0.717) is 5.69 Å². The molecule has 1 amide bonds.